The van der Waals surface area contributed by atoms with E-state index in [0.29, 0.717) is 24.2 Å². The van der Waals surface area contributed by atoms with Crippen LogP contribution >= 0.6 is 0 Å². The Hall–Kier alpha value is -1.25. The summed E-state index contributed by atoms with van der Waals surface area (Å²) in [4.78, 5) is 15.0. The van der Waals surface area contributed by atoms with Gasteiger partial charge in [-0.15, -0.1) is 0 Å². The molecule has 106 valence electrons. The van der Waals surface area contributed by atoms with E-state index >= 15 is 0 Å². The van der Waals surface area contributed by atoms with Crippen LogP contribution in [-0.4, -0.2) is 17.1 Å². The molecule has 3 heteroatoms. The molecule has 19 heavy (non-hydrogen) atoms. The fraction of sp³-hybridized carbons (Fsp3) is 0.688. The molecule has 1 aliphatic carbocycles. The number of rotatable bonds is 4. The summed E-state index contributed by atoms with van der Waals surface area (Å²) in [6, 6.07) is 1.92. The minimum atomic E-state index is -0.0932. The van der Waals surface area contributed by atoms with E-state index in [0.717, 1.165) is 12.0 Å². The number of hydrogen-bond acceptors (Lipinski definition) is 2. The Balaban J connectivity index is 1.92. The van der Waals surface area contributed by atoms with Crippen molar-refractivity contribution in [2.75, 3.05) is 0 Å². The number of carbonyl (C=O) groups is 1. The summed E-state index contributed by atoms with van der Waals surface area (Å²) >= 11 is 0. The molecule has 0 bridgehead atoms. The van der Waals surface area contributed by atoms with Crippen molar-refractivity contribution in [1.82, 2.24) is 4.98 Å². The van der Waals surface area contributed by atoms with Gasteiger partial charge in [0.2, 0.25) is 0 Å². The highest BCUT2D eigenvalue weighted by Gasteiger charge is 2.33. The molecule has 1 aromatic rings. The first kappa shape index (κ1) is 14.2. The topological polar surface area (TPSA) is 42.1 Å². The lowest BCUT2D eigenvalue weighted by Crippen LogP contribution is -2.36. The van der Waals surface area contributed by atoms with E-state index in [-0.39, 0.29) is 12.1 Å². The second-order valence-corrected chi connectivity index (χ2v) is 6.25. The SMILES string of the molecule is CC(C)[C@@H]1CC[C@@H](C)C[C@H]1OC(=O)Cc1cc[nH]c1. The van der Waals surface area contributed by atoms with Crippen molar-refractivity contribution < 1.29 is 9.53 Å². The largest absolute Gasteiger partial charge is 0.462 e. The highest BCUT2D eigenvalue weighted by atomic mass is 16.5. The lowest BCUT2D eigenvalue weighted by Gasteiger charge is -2.36. The number of ether oxygens (including phenoxy) is 1. The van der Waals surface area contributed by atoms with Gasteiger partial charge in [-0.25, -0.2) is 0 Å². The molecule has 0 radical (unpaired) electrons. The van der Waals surface area contributed by atoms with E-state index in [4.69, 9.17) is 4.74 Å². The molecule has 0 aromatic carbocycles. The number of hydrogen-bond donors (Lipinski definition) is 1. The third kappa shape index (κ3) is 3.85. The van der Waals surface area contributed by atoms with Crippen molar-refractivity contribution in [3.8, 4) is 0 Å². The van der Waals surface area contributed by atoms with Gasteiger partial charge in [-0.3, -0.25) is 4.79 Å². The van der Waals surface area contributed by atoms with Gasteiger partial charge in [0.05, 0.1) is 6.42 Å². The second-order valence-electron chi connectivity index (χ2n) is 6.25. The first-order chi connectivity index (χ1) is 9.06. The van der Waals surface area contributed by atoms with Crippen molar-refractivity contribution in [3.63, 3.8) is 0 Å². The first-order valence-electron chi connectivity index (χ1n) is 7.37. The Bertz CT molecular complexity index is 397. The van der Waals surface area contributed by atoms with Crippen LogP contribution in [0, 0.1) is 17.8 Å². The van der Waals surface area contributed by atoms with E-state index in [1.807, 2.05) is 18.5 Å². The number of esters is 1. The molecular weight excluding hydrogens is 238 g/mol. The lowest BCUT2D eigenvalue weighted by atomic mass is 9.75. The number of aromatic nitrogens is 1. The van der Waals surface area contributed by atoms with Crippen LogP contribution in [-0.2, 0) is 16.0 Å². The Morgan fingerprint density at radius 3 is 2.89 bits per heavy atom. The second kappa shape index (κ2) is 6.27. The maximum atomic E-state index is 12.0. The van der Waals surface area contributed by atoms with Gasteiger partial charge in [-0.1, -0.05) is 27.2 Å². The molecule has 0 aliphatic heterocycles. The van der Waals surface area contributed by atoms with E-state index in [2.05, 4.69) is 25.8 Å². The van der Waals surface area contributed by atoms with Crippen LogP contribution in [0.4, 0.5) is 0 Å². The summed E-state index contributed by atoms with van der Waals surface area (Å²) < 4.78 is 5.76. The lowest BCUT2D eigenvalue weighted by molar-refractivity contribution is -0.155. The van der Waals surface area contributed by atoms with Gasteiger partial charge in [0.1, 0.15) is 6.10 Å². The number of carbonyl (C=O) groups excluding carboxylic acids is 1. The van der Waals surface area contributed by atoms with Gasteiger partial charge in [0.15, 0.2) is 0 Å². The van der Waals surface area contributed by atoms with Crippen LogP contribution < -0.4 is 0 Å². The molecule has 0 unspecified atom stereocenters. The van der Waals surface area contributed by atoms with Gasteiger partial charge in [0, 0.05) is 12.4 Å². The fourth-order valence-electron chi connectivity index (χ4n) is 3.10. The number of aromatic amines is 1. The van der Waals surface area contributed by atoms with E-state index < -0.39 is 0 Å². The fourth-order valence-corrected chi connectivity index (χ4v) is 3.10. The molecule has 1 heterocycles. The van der Waals surface area contributed by atoms with E-state index in [1.165, 1.54) is 12.8 Å². The van der Waals surface area contributed by atoms with Crippen molar-refractivity contribution >= 4 is 5.97 Å². The Morgan fingerprint density at radius 2 is 2.26 bits per heavy atom. The van der Waals surface area contributed by atoms with Gasteiger partial charge in [0.25, 0.3) is 0 Å². The minimum absolute atomic E-state index is 0.0932. The molecule has 1 aromatic heterocycles. The zero-order valence-electron chi connectivity index (χ0n) is 12.2. The minimum Gasteiger partial charge on any atom is -0.462 e. The molecule has 0 spiro atoms. The molecule has 2 rings (SSSR count). The van der Waals surface area contributed by atoms with Crippen molar-refractivity contribution in [3.05, 3.63) is 24.0 Å². The molecule has 1 fully saturated rings. The van der Waals surface area contributed by atoms with Crippen LogP contribution in [0.1, 0.15) is 45.6 Å². The standard InChI is InChI=1S/C16H25NO2/c1-11(2)14-5-4-12(3)8-15(14)19-16(18)9-13-6-7-17-10-13/h6-7,10-12,14-15,17H,4-5,8-9H2,1-3H3/t12-,14+,15-/m1/s1. The monoisotopic (exact) mass is 263 g/mol. The van der Waals surface area contributed by atoms with Crippen LogP contribution in [0.5, 0.6) is 0 Å². The molecule has 1 aliphatic rings. The highest BCUT2D eigenvalue weighted by Crippen LogP contribution is 2.35. The molecule has 1 saturated carbocycles. The average molecular weight is 263 g/mol. The van der Waals surface area contributed by atoms with Gasteiger partial charge < -0.3 is 9.72 Å². The van der Waals surface area contributed by atoms with Crippen LogP contribution in [0.25, 0.3) is 0 Å². The summed E-state index contributed by atoms with van der Waals surface area (Å²) in [7, 11) is 0. The quantitative estimate of drug-likeness (QED) is 0.844. The number of H-pyrrole nitrogens is 1. The van der Waals surface area contributed by atoms with Crippen molar-refractivity contribution in [1.29, 1.82) is 0 Å². The summed E-state index contributed by atoms with van der Waals surface area (Å²) in [6.07, 6.45) is 7.62. The normalized spacial score (nSPS) is 27.5. The maximum absolute atomic E-state index is 12.0. The summed E-state index contributed by atoms with van der Waals surface area (Å²) in [5.74, 6) is 1.67. The highest BCUT2D eigenvalue weighted by molar-refractivity contribution is 5.72. The Kier molecular flexibility index (Phi) is 4.67. The van der Waals surface area contributed by atoms with E-state index in [1.54, 1.807) is 0 Å². The molecule has 3 atom stereocenters. The van der Waals surface area contributed by atoms with E-state index in [9.17, 15) is 4.79 Å². The molecule has 1 N–H and O–H groups in total. The van der Waals surface area contributed by atoms with Crippen LogP contribution in [0.15, 0.2) is 18.5 Å². The van der Waals surface area contributed by atoms with Crippen LogP contribution in [0.2, 0.25) is 0 Å². The summed E-state index contributed by atoms with van der Waals surface area (Å²) in [5.41, 5.74) is 0.995. The first-order valence-corrected chi connectivity index (χ1v) is 7.37. The predicted octanol–water partition coefficient (Wildman–Crippen LogP) is 3.56. The summed E-state index contributed by atoms with van der Waals surface area (Å²) in [6.45, 7) is 6.71. The average Bonchev–Trinajstić information content (AvgIpc) is 2.81. The van der Waals surface area contributed by atoms with Crippen molar-refractivity contribution in [2.24, 2.45) is 17.8 Å². The maximum Gasteiger partial charge on any atom is 0.310 e. The summed E-state index contributed by atoms with van der Waals surface area (Å²) in [5, 5.41) is 0. The van der Waals surface area contributed by atoms with Gasteiger partial charge >= 0.3 is 5.97 Å². The smallest absolute Gasteiger partial charge is 0.310 e. The predicted molar refractivity (Wildman–Crippen MR) is 75.7 cm³/mol. The Morgan fingerprint density at radius 1 is 1.47 bits per heavy atom. The third-order valence-corrected chi connectivity index (χ3v) is 4.25. The van der Waals surface area contributed by atoms with Crippen LogP contribution in [0.3, 0.4) is 0 Å². The zero-order valence-corrected chi connectivity index (χ0v) is 12.2. The molecule has 0 saturated heterocycles. The van der Waals surface area contributed by atoms with Gasteiger partial charge in [-0.05, 0) is 42.2 Å². The van der Waals surface area contributed by atoms with Gasteiger partial charge in [-0.2, -0.15) is 0 Å². The number of nitrogens with one attached hydrogen (secondary N) is 1. The zero-order chi connectivity index (χ0) is 13.8. The molecule has 3 nitrogen and oxygen atoms in total. The Labute approximate surface area is 115 Å². The van der Waals surface area contributed by atoms with Crippen molar-refractivity contribution in [2.45, 2.75) is 52.6 Å². The molecular formula is C16H25NO2. The third-order valence-electron chi connectivity index (χ3n) is 4.25. The molecule has 0 amide bonds.